The van der Waals surface area contributed by atoms with Crippen LogP contribution < -0.4 is 21.1 Å². The highest BCUT2D eigenvalue weighted by molar-refractivity contribution is 9.10. The molecule has 2 N–H and O–H groups in total. The number of piperidine rings is 3. The van der Waals surface area contributed by atoms with Crippen molar-refractivity contribution >= 4 is 39.1 Å². The number of rotatable bonds is 7. The third kappa shape index (κ3) is 6.89. The van der Waals surface area contributed by atoms with Crippen LogP contribution in [-0.4, -0.2) is 83.8 Å². The smallest absolute Gasteiger partial charge is 0.282 e. The molecule has 3 atom stereocenters. The van der Waals surface area contributed by atoms with Crippen molar-refractivity contribution in [2.45, 2.75) is 56.5 Å². The van der Waals surface area contributed by atoms with Gasteiger partial charge in [-0.2, -0.15) is 5.10 Å². The lowest BCUT2D eigenvalue weighted by molar-refractivity contribution is -0.134. The Morgan fingerprint density at radius 3 is 2.36 bits per heavy atom. The van der Waals surface area contributed by atoms with Gasteiger partial charge in [-0.3, -0.25) is 24.6 Å². The number of halogens is 1. The summed E-state index contributed by atoms with van der Waals surface area (Å²) in [5, 5.41) is 10.2. The zero-order chi connectivity index (χ0) is 32.7. The van der Waals surface area contributed by atoms with Crippen molar-refractivity contribution in [2.24, 2.45) is 12.5 Å². The summed E-state index contributed by atoms with van der Waals surface area (Å²) in [6.45, 7) is 7.35. The molecule has 1 aromatic heterocycles. The van der Waals surface area contributed by atoms with Gasteiger partial charge in [-0.15, -0.1) is 0 Å². The molecule has 2 amide bonds. The van der Waals surface area contributed by atoms with Crippen LogP contribution in [0, 0.1) is 5.41 Å². The fourth-order valence-corrected chi connectivity index (χ4v) is 8.62. The lowest BCUT2D eigenvalue weighted by atomic mass is 9.71. The molecule has 5 heterocycles. The number of hydrogen-bond donors (Lipinski definition) is 2. The predicted molar refractivity (Wildman–Crippen MR) is 187 cm³/mol. The van der Waals surface area contributed by atoms with Crippen molar-refractivity contribution in [3.8, 4) is 0 Å². The van der Waals surface area contributed by atoms with Crippen LogP contribution in [0.3, 0.4) is 0 Å². The number of carbonyl (C=O) groups excluding carboxylic acids is 2. The van der Waals surface area contributed by atoms with Gasteiger partial charge in [0.15, 0.2) is 0 Å². The molecule has 4 aliphatic heterocycles. The number of aromatic nitrogens is 2. The molecule has 2 aromatic carbocycles. The molecule has 0 aliphatic carbocycles. The number of likely N-dealkylation sites (tertiary alicyclic amines) is 2. The number of carbonyl (C=O) groups is 2. The maximum atomic E-state index is 12.3. The number of hydrogen-bond acceptors (Lipinski definition) is 8. The first kappa shape index (κ1) is 32.0. The molecular formula is C36H44BrN7O3. The summed E-state index contributed by atoms with van der Waals surface area (Å²) in [7, 11) is 3.82. The van der Waals surface area contributed by atoms with E-state index in [1.165, 1.54) is 34.3 Å². The Morgan fingerprint density at radius 1 is 0.957 bits per heavy atom. The van der Waals surface area contributed by atoms with Gasteiger partial charge in [0, 0.05) is 71.0 Å². The van der Waals surface area contributed by atoms with Gasteiger partial charge in [0.25, 0.3) is 5.56 Å². The van der Waals surface area contributed by atoms with E-state index < -0.39 is 0 Å². The molecule has 4 aliphatic rings. The van der Waals surface area contributed by atoms with Gasteiger partial charge in [-0.25, -0.2) is 4.68 Å². The van der Waals surface area contributed by atoms with E-state index in [9.17, 15) is 14.4 Å². The van der Waals surface area contributed by atoms with E-state index in [0.717, 1.165) is 63.5 Å². The molecular weight excluding hydrogens is 658 g/mol. The van der Waals surface area contributed by atoms with Crippen LogP contribution in [-0.2, 0) is 23.2 Å². The Kier molecular flexibility index (Phi) is 8.97. The Hall–Kier alpha value is -3.54. The number of benzene rings is 2. The maximum absolute atomic E-state index is 12.3. The minimum Gasteiger partial charge on any atom is -0.379 e. The first-order chi connectivity index (χ1) is 22.6. The summed E-state index contributed by atoms with van der Waals surface area (Å²) in [4.78, 5) is 43.5. The zero-order valence-electron chi connectivity index (χ0n) is 27.3. The lowest BCUT2D eigenvalue weighted by Crippen LogP contribution is -2.59. The average Bonchev–Trinajstić information content (AvgIpc) is 3.05. The van der Waals surface area contributed by atoms with E-state index in [0.29, 0.717) is 28.6 Å². The van der Waals surface area contributed by atoms with Crippen LogP contribution >= 0.6 is 15.9 Å². The minimum atomic E-state index is -0.230. The number of amides is 2. The molecule has 7 rings (SSSR count). The Morgan fingerprint density at radius 2 is 1.66 bits per heavy atom. The average molecular weight is 703 g/mol. The topological polar surface area (TPSA) is 103 Å². The Bertz CT molecular complexity index is 1680. The van der Waals surface area contributed by atoms with Crippen LogP contribution in [0.15, 0.2) is 64.0 Å². The molecule has 0 bridgehead atoms. The van der Waals surface area contributed by atoms with Crippen LogP contribution in [0.2, 0.25) is 0 Å². The van der Waals surface area contributed by atoms with Gasteiger partial charge >= 0.3 is 0 Å². The summed E-state index contributed by atoms with van der Waals surface area (Å²) in [6.07, 6.45) is 6.12. The van der Waals surface area contributed by atoms with Gasteiger partial charge < -0.3 is 15.1 Å². The number of imide groups is 1. The van der Waals surface area contributed by atoms with E-state index in [1.807, 2.05) is 0 Å². The zero-order valence-corrected chi connectivity index (χ0v) is 28.8. The Labute approximate surface area is 284 Å². The molecule has 1 spiro atoms. The first-order valence-corrected chi connectivity index (χ1v) is 17.6. The summed E-state index contributed by atoms with van der Waals surface area (Å²) in [6, 6.07) is 17.9. The van der Waals surface area contributed by atoms with Crippen molar-refractivity contribution in [1.82, 2.24) is 24.9 Å². The summed E-state index contributed by atoms with van der Waals surface area (Å²) >= 11 is 3.45. The monoisotopic (exact) mass is 701 g/mol. The molecule has 3 unspecified atom stereocenters. The second kappa shape index (κ2) is 13.2. The molecule has 4 saturated heterocycles. The number of aryl methyl sites for hydroxylation is 1. The van der Waals surface area contributed by atoms with E-state index in [1.54, 1.807) is 13.2 Å². The fraction of sp³-hybridized carbons (Fsp3) is 0.500. The van der Waals surface area contributed by atoms with Crippen molar-refractivity contribution < 1.29 is 9.59 Å². The summed E-state index contributed by atoms with van der Waals surface area (Å²) in [5.41, 5.74) is 5.98. The number of nitrogens with zero attached hydrogens (tertiary/aromatic N) is 5. The van der Waals surface area contributed by atoms with Gasteiger partial charge in [0.2, 0.25) is 11.8 Å². The van der Waals surface area contributed by atoms with Crippen LogP contribution in [0.4, 0.5) is 11.4 Å². The van der Waals surface area contributed by atoms with Gasteiger partial charge in [-0.1, -0.05) is 36.4 Å². The lowest BCUT2D eigenvalue weighted by Gasteiger charge is -2.54. The number of likely N-dealkylation sites (N-methyl/N-ethyl adjacent to an activating group) is 1. The largest absolute Gasteiger partial charge is 0.379 e. The molecule has 0 radical (unpaired) electrons. The summed E-state index contributed by atoms with van der Waals surface area (Å²) < 4.78 is 1.87. The van der Waals surface area contributed by atoms with E-state index in [2.05, 4.69) is 102 Å². The quantitative estimate of drug-likeness (QED) is 0.356. The highest BCUT2D eigenvalue weighted by atomic mass is 79.9. The molecule has 3 aromatic rings. The van der Waals surface area contributed by atoms with Crippen molar-refractivity contribution in [2.75, 3.05) is 56.5 Å². The third-order valence-corrected chi connectivity index (χ3v) is 11.5. The molecule has 0 saturated carbocycles. The molecule has 248 valence electrons. The molecule has 47 heavy (non-hydrogen) atoms. The Balaban J connectivity index is 0.882. The van der Waals surface area contributed by atoms with Crippen molar-refractivity contribution in [3.05, 3.63) is 86.2 Å². The van der Waals surface area contributed by atoms with Gasteiger partial charge in [0.1, 0.15) is 4.47 Å². The molecule has 4 fully saturated rings. The predicted octanol–water partition coefficient (Wildman–Crippen LogP) is 4.07. The number of anilines is 2. The highest BCUT2D eigenvalue weighted by Crippen LogP contribution is 2.42. The van der Waals surface area contributed by atoms with Crippen molar-refractivity contribution in [3.63, 3.8) is 0 Å². The highest BCUT2D eigenvalue weighted by Gasteiger charge is 2.44. The SMILES string of the molecule is CN1CC(Nc2cnn(C)c(=O)c2Br)CC(c2ccc(CN3CC4(CCN(c5ccc(C6CCC(=O)NC6=O)cc5)CC4)C3)cc2)C1. The normalized spacial score (nSPS) is 25.0. The van der Waals surface area contributed by atoms with Crippen LogP contribution in [0.25, 0.3) is 0 Å². The van der Waals surface area contributed by atoms with E-state index in [-0.39, 0.29) is 29.3 Å². The maximum Gasteiger partial charge on any atom is 0.282 e. The van der Waals surface area contributed by atoms with Gasteiger partial charge in [-0.05, 0) is 88.8 Å². The summed E-state index contributed by atoms with van der Waals surface area (Å²) in [5.74, 6) is -0.156. The van der Waals surface area contributed by atoms with Crippen LogP contribution in [0.5, 0.6) is 0 Å². The minimum absolute atomic E-state index is 0.138. The molecule has 10 nitrogen and oxygen atoms in total. The first-order valence-electron chi connectivity index (χ1n) is 16.8. The van der Waals surface area contributed by atoms with E-state index in [4.69, 9.17) is 0 Å². The van der Waals surface area contributed by atoms with Crippen LogP contribution in [0.1, 0.15) is 60.6 Å². The number of nitrogens with one attached hydrogen (secondary N) is 2. The molecule has 11 heteroatoms. The van der Waals surface area contributed by atoms with Crippen molar-refractivity contribution in [1.29, 1.82) is 0 Å². The van der Waals surface area contributed by atoms with Gasteiger partial charge in [0.05, 0.1) is 17.8 Å². The van der Waals surface area contributed by atoms with E-state index >= 15 is 0 Å². The third-order valence-electron chi connectivity index (χ3n) is 10.8. The standard InChI is InChI=1S/C36H44BrN7O3/c1-41-20-27(17-28(21-41)39-31-18-38-42(2)35(47)33(31)37)25-5-3-24(4-6-25)19-43-22-36(23-43)13-15-44(16-14-36)29-9-7-26(8-10-29)30-11-12-32(45)40-34(30)46/h3-10,18,27-28,30,39H,11-17,19-23H2,1-2H3,(H,40,45,46). The second-order valence-electron chi connectivity index (χ2n) is 14.3. The fourth-order valence-electron chi connectivity index (χ4n) is 8.15. The second-order valence-corrected chi connectivity index (χ2v) is 15.1.